The number of benzene rings is 1. The van der Waals surface area contributed by atoms with Crippen LogP contribution in [0, 0.1) is 5.82 Å². The molecule has 7 heteroatoms. The van der Waals surface area contributed by atoms with Crippen LogP contribution in [0.25, 0.3) is 0 Å². The monoisotopic (exact) mass is 302 g/mol. The summed E-state index contributed by atoms with van der Waals surface area (Å²) in [4.78, 5) is 23.5. The number of rotatable bonds is 3. The van der Waals surface area contributed by atoms with Crippen LogP contribution < -0.4 is 9.47 Å². The Labute approximate surface area is 119 Å². The zero-order valence-electron chi connectivity index (χ0n) is 10.7. The van der Waals surface area contributed by atoms with Gasteiger partial charge in [-0.2, -0.15) is 0 Å². The molecule has 0 amide bonds. The third kappa shape index (κ3) is 2.70. The molecule has 0 atom stereocenters. The second-order valence-electron chi connectivity index (χ2n) is 3.97. The predicted octanol–water partition coefficient (Wildman–Crippen LogP) is 2.39. The van der Waals surface area contributed by atoms with Crippen LogP contribution in [-0.4, -0.2) is 31.6 Å². The first-order chi connectivity index (χ1) is 9.56. The molecule has 108 valence electrons. The lowest BCUT2D eigenvalue weighted by Gasteiger charge is -2.13. The molecule has 1 heterocycles. The Hall–Kier alpha value is -1.82. The summed E-state index contributed by atoms with van der Waals surface area (Å²) in [6.45, 7) is 2.14. The average molecular weight is 303 g/mol. The molecule has 0 fully saturated rings. The van der Waals surface area contributed by atoms with Gasteiger partial charge < -0.3 is 14.2 Å². The van der Waals surface area contributed by atoms with Crippen LogP contribution in [0.2, 0.25) is 5.02 Å². The summed E-state index contributed by atoms with van der Waals surface area (Å²) in [6, 6.07) is 1.22. The van der Waals surface area contributed by atoms with Crippen LogP contribution in [-0.2, 0) is 9.53 Å². The van der Waals surface area contributed by atoms with Crippen molar-refractivity contribution in [2.75, 3.05) is 19.8 Å². The summed E-state index contributed by atoms with van der Waals surface area (Å²) >= 11 is 5.72. The van der Waals surface area contributed by atoms with Crippen LogP contribution in [0.1, 0.15) is 23.7 Å². The van der Waals surface area contributed by atoms with Crippen LogP contribution >= 0.6 is 11.6 Å². The first kappa shape index (κ1) is 14.6. The van der Waals surface area contributed by atoms with E-state index in [0.29, 0.717) is 13.0 Å². The summed E-state index contributed by atoms with van der Waals surface area (Å²) in [7, 11) is 0. The van der Waals surface area contributed by atoms with Gasteiger partial charge >= 0.3 is 5.97 Å². The summed E-state index contributed by atoms with van der Waals surface area (Å²) in [6.07, 6.45) is 0.570. The van der Waals surface area contributed by atoms with E-state index in [9.17, 15) is 14.0 Å². The molecule has 5 nitrogen and oxygen atoms in total. The van der Waals surface area contributed by atoms with Gasteiger partial charge in [0.1, 0.15) is 5.56 Å². The molecule has 0 spiro atoms. The third-order valence-electron chi connectivity index (χ3n) is 2.62. The fourth-order valence-corrected chi connectivity index (χ4v) is 1.95. The SMILES string of the molecule is CCOC(=O)C(=O)c1c(F)c(Cl)cc2c1OCCCO2. The average Bonchev–Trinajstić information content (AvgIpc) is 2.65. The maximum atomic E-state index is 14.1. The highest BCUT2D eigenvalue weighted by molar-refractivity contribution is 6.42. The van der Waals surface area contributed by atoms with Crippen molar-refractivity contribution in [2.45, 2.75) is 13.3 Å². The number of carbonyl (C=O) groups is 2. The summed E-state index contributed by atoms with van der Waals surface area (Å²) in [5.74, 6) is -3.30. The van der Waals surface area contributed by atoms with Crippen molar-refractivity contribution in [1.82, 2.24) is 0 Å². The highest BCUT2D eigenvalue weighted by Crippen LogP contribution is 2.39. The van der Waals surface area contributed by atoms with Crippen LogP contribution in [0.15, 0.2) is 6.07 Å². The number of ether oxygens (including phenoxy) is 3. The van der Waals surface area contributed by atoms with Gasteiger partial charge in [0.15, 0.2) is 17.3 Å². The molecule has 1 aliphatic heterocycles. The van der Waals surface area contributed by atoms with Gasteiger partial charge in [0.2, 0.25) is 0 Å². The van der Waals surface area contributed by atoms with Crippen LogP contribution in [0.3, 0.4) is 0 Å². The van der Waals surface area contributed by atoms with Crippen LogP contribution in [0.5, 0.6) is 11.5 Å². The number of esters is 1. The highest BCUT2D eigenvalue weighted by Gasteiger charge is 2.31. The molecular formula is C13H12ClFO5. The van der Waals surface area contributed by atoms with Gasteiger partial charge in [0.05, 0.1) is 24.8 Å². The molecule has 2 rings (SSSR count). The maximum absolute atomic E-state index is 14.1. The van der Waals surface area contributed by atoms with Gasteiger partial charge in [0, 0.05) is 12.5 Å². The zero-order chi connectivity index (χ0) is 14.7. The molecule has 0 aromatic heterocycles. The molecule has 0 saturated heterocycles. The Morgan fingerprint density at radius 1 is 1.40 bits per heavy atom. The first-order valence-electron chi connectivity index (χ1n) is 6.05. The quantitative estimate of drug-likeness (QED) is 0.487. The first-order valence-corrected chi connectivity index (χ1v) is 6.43. The van der Waals surface area contributed by atoms with E-state index >= 15 is 0 Å². The minimum Gasteiger partial charge on any atom is -0.489 e. The largest absolute Gasteiger partial charge is 0.489 e. The number of hydrogen-bond acceptors (Lipinski definition) is 5. The Balaban J connectivity index is 2.53. The molecule has 0 radical (unpaired) electrons. The Bertz CT molecular complexity index is 558. The summed E-state index contributed by atoms with van der Waals surface area (Å²) in [5.41, 5.74) is -0.548. The van der Waals surface area contributed by atoms with E-state index in [1.54, 1.807) is 6.92 Å². The standard InChI is InChI=1S/C13H12ClFO5/c1-2-18-13(17)11(16)9-10(15)7(14)6-8-12(9)20-5-3-4-19-8/h6H,2-5H2,1H3. The number of halogens is 2. The lowest BCUT2D eigenvalue weighted by Crippen LogP contribution is -2.20. The van der Waals surface area contributed by atoms with E-state index in [1.807, 2.05) is 0 Å². The van der Waals surface area contributed by atoms with Gasteiger partial charge in [-0.1, -0.05) is 11.6 Å². The molecule has 0 bridgehead atoms. The minimum absolute atomic E-state index is 0.00626. The minimum atomic E-state index is -1.16. The number of Topliss-reactive ketones (excluding diaryl/α,β-unsaturated/α-hetero) is 1. The second-order valence-corrected chi connectivity index (χ2v) is 4.38. The van der Waals surface area contributed by atoms with Crippen molar-refractivity contribution < 1.29 is 28.2 Å². The molecular weight excluding hydrogens is 291 g/mol. The molecule has 0 unspecified atom stereocenters. The number of carbonyl (C=O) groups excluding carboxylic acids is 2. The fraction of sp³-hybridized carbons (Fsp3) is 0.385. The summed E-state index contributed by atoms with van der Waals surface area (Å²) < 4.78 is 29.3. The zero-order valence-corrected chi connectivity index (χ0v) is 11.5. The van der Waals surface area contributed by atoms with E-state index in [1.165, 1.54) is 6.07 Å². The smallest absolute Gasteiger partial charge is 0.379 e. The lowest BCUT2D eigenvalue weighted by atomic mass is 10.1. The summed E-state index contributed by atoms with van der Waals surface area (Å²) in [5, 5.41) is -0.318. The van der Waals surface area contributed by atoms with E-state index in [0.717, 1.165) is 0 Å². The van der Waals surface area contributed by atoms with Crippen molar-refractivity contribution in [3.8, 4) is 11.5 Å². The highest BCUT2D eigenvalue weighted by atomic mass is 35.5. The van der Waals surface area contributed by atoms with Crippen molar-refractivity contribution >= 4 is 23.4 Å². The number of hydrogen-bond donors (Lipinski definition) is 0. The van der Waals surface area contributed by atoms with Gasteiger partial charge in [0.25, 0.3) is 5.78 Å². The third-order valence-corrected chi connectivity index (χ3v) is 2.89. The molecule has 0 aliphatic carbocycles. The Morgan fingerprint density at radius 2 is 2.10 bits per heavy atom. The fourth-order valence-electron chi connectivity index (χ4n) is 1.75. The lowest BCUT2D eigenvalue weighted by molar-refractivity contribution is -0.137. The maximum Gasteiger partial charge on any atom is 0.379 e. The van der Waals surface area contributed by atoms with Gasteiger partial charge in [-0.15, -0.1) is 0 Å². The van der Waals surface area contributed by atoms with Gasteiger partial charge in [-0.05, 0) is 6.92 Å². The van der Waals surface area contributed by atoms with Crippen molar-refractivity contribution in [3.63, 3.8) is 0 Å². The Morgan fingerprint density at radius 3 is 2.80 bits per heavy atom. The van der Waals surface area contributed by atoms with Crippen molar-refractivity contribution in [3.05, 3.63) is 22.5 Å². The van der Waals surface area contributed by atoms with E-state index in [2.05, 4.69) is 4.74 Å². The molecule has 1 aromatic rings. The van der Waals surface area contributed by atoms with Crippen LogP contribution in [0.4, 0.5) is 4.39 Å². The van der Waals surface area contributed by atoms with E-state index < -0.39 is 23.1 Å². The van der Waals surface area contributed by atoms with E-state index in [-0.39, 0.29) is 29.7 Å². The molecule has 0 saturated carbocycles. The molecule has 20 heavy (non-hydrogen) atoms. The number of ketones is 1. The van der Waals surface area contributed by atoms with Gasteiger partial charge in [-0.25, -0.2) is 9.18 Å². The van der Waals surface area contributed by atoms with Gasteiger partial charge in [-0.3, -0.25) is 4.79 Å². The van der Waals surface area contributed by atoms with Crippen molar-refractivity contribution in [1.29, 1.82) is 0 Å². The second kappa shape index (κ2) is 6.09. The molecule has 1 aliphatic rings. The Kier molecular flexibility index (Phi) is 4.44. The topological polar surface area (TPSA) is 61.8 Å². The van der Waals surface area contributed by atoms with E-state index in [4.69, 9.17) is 21.1 Å². The predicted molar refractivity (Wildman–Crippen MR) is 68.0 cm³/mol. The molecule has 0 N–H and O–H groups in total. The van der Waals surface area contributed by atoms with Crippen molar-refractivity contribution in [2.24, 2.45) is 0 Å². The normalized spacial score (nSPS) is 13.6. The number of fused-ring (bicyclic) bond motifs is 1. The molecule has 1 aromatic carbocycles.